The summed E-state index contributed by atoms with van der Waals surface area (Å²) in [6.45, 7) is 2.94. The van der Waals surface area contributed by atoms with Gasteiger partial charge in [-0.05, 0) is 19.8 Å². The Balaban J connectivity index is 2.09. The minimum atomic E-state index is -0.584. The molecule has 0 saturated carbocycles. The number of carbonyl (C=O) groups is 1. The van der Waals surface area contributed by atoms with E-state index in [1.165, 1.54) is 12.8 Å². The van der Waals surface area contributed by atoms with E-state index in [-0.39, 0.29) is 5.91 Å². The second kappa shape index (κ2) is 5.52. The number of hydrogen-bond donors (Lipinski definition) is 1. The fourth-order valence-corrected chi connectivity index (χ4v) is 2.52. The molecule has 1 amide bonds. The molecule has 2 atom stereocenters. The topological polar surface area (TPSA) is 64.2 Å². The Kier molecular flexibility index (Phi) is 4.01. The Labute approximate surface area is 108 Å². The summed E-state index contributed by atoms with van der Waals surface area (Å²) in [4.78, 5) is 14.4. The lowest BCUT2D eigenvalue weighted by Crippen LogP contribution is -2.43. The van der Waals surface area contributed by atoms with Crippen LogP contribution >= 0.6 is 0 Å². The van der Waals surface area contributed by atoms with Crippen molar-refractivity contribution in [1.82, 2.24) is 14.7 Å². The highest BCUT2D eigenvalue weighted by Crippen LogP contribution is 2.20. The molecule has 2 N–H and O–H groups in total. The van der Waals surface area contributed by atoms with Crippen LogP contribution in [0, 0.1) is 0 Å². The van der Waals surface area contributed by atoms with Crippen molar-refractivity contribution in [3.63, 3.8) is 0 Å². The molecule has 0 radical (unpaired) electrons. The van der Waals surface area contributed by atoms with Gasteiger partial charge in [-0.25, -0.2) is 0 Å². The molecule has 1 aliphatic heterocycles. The second-order valence-electron chi connectivity index (χ2n) is 5.15. The van der Waals surface area contributed by atoms with E-state index in [1.54, 1.807) is 10.9 Å². The molecule has 1 aromatic rings. The van der Waals surface area contributed by atoms with Crippen LogP contribution in [0.5, 0.6) is 0 Å². The smallest absolute Gasteiger partial charge is 0.244 e. The van der Waals surface area contributed by atoms with Gasteiger partial charge in [-0.15, -0.1) is 0 Å². The largest absolute Gasteiger partial charge is 0.338 e. The summed E-state index contributed by atoms with van der Waals surface area (Å²) in [6, 6.07) is -0.290. The van der Waals surface area contributed by atoms with Crippen molar-refractivity contribution in [3.8, 4) is 0 Å². The van der Waals surface area contributed by atoms with Crippen molar-refractivity contribution < 1.29 is 4.79 Å². The third-order valence-electron chi connectivity index (χ3n) is 3.69. The van der Waals surface area contributed by atoms with Gasteiger partial charge in [0.1, 0.15) is 6.04 Å². The van der Waals surface area contributed by atoms with Crippen molar-refractivity contribution in [1.29, 1.82) is 0 Å². The average molecular weight is 250 g/mol. The van der Waals surface area contributed by atoms with E-state index in [4.69, 9.17) is 5.73 Å². The van der Waals surface area contributed by atoms with Gasteiger partial charge in [0.15, 0.2) is 0 Å². The van der Waals surface area contributed by atoms with E-state index in [0.717, 1.165) is 24.9 Å². The van der Waals surface area contributed by atoms with Crippen molar-refractivity contribution >= 4 is 5.91 Å². The Hall–Kier alpha value is -1.36. The maximum Gasteiger partial charge on any atom is 0.244 e. The third kappa shape index (κ3) is 2.72. The van der Waals surface area contributed by atoms with Gasteiger partial charge in [0.2, 0.25) is 5.91 Å². The van der Waals surface area contributed by atoms with Gasteiger partial charge in [0.25, 0.3) is 0 Å². The minimum Gasteiger partial charge on any atom is -0.338 e. The van der Waals surface area contributed by atoms with E-state index < -0.39 is 6.04 Å². The summed E-state index contributed by atoms with van der Waals surface area (Å²) in [7, 11) is 1.83. The van der Waals surface area contributed by atoms with Crippen LogP contribution in [0.15, 0.2) is 12.4 Å². The van der Waals surface area contributed by atoms with Gasteiger partial charge in [-0.3, -0.25) is 9.48 Å². The number of nitrogens with two attached hydrogens (primary N) is 1. The molecule has 1 aromatic heterocycles. The third-order valence-corrected chi connectivity index (χ3v) is 3.69. The second-order valence-corrected chi connectivity index (χ2v) is 5.15. The van der Waals surface area contributed by atoms with Gasteiger partial charge in [-0.1, -0.05) is 12.8 Å². The molecule has 0 aromatic carbocycles. The number of likely N-dealkylation sites (tertiary alicyclic amines) is 1. The van der Waals surface area contributed by atoms with Gasteiger partial charge < -0.3 is 10.6 Å². The Morgan fingerprint density at radius 1 is 1.50 bits per heavy atom. The van der Waals surface area contributed by atoms with Crippen LogP contribution in [-0.2, 0) is 11.8 Å². The van der Waals surface area contributed by atoms with Gasteiger partial charge in [0, 0.05) is 31.4 Å². The number of rotatable bonds is 2. The summed E-state index contributed by atoms with van der Waals surface area (Å²) in [6.07, 6.45) is 8.04. The molecule has 2 heterocycles. The molecule has 0 spiro atoms. The summed E-state index contributed by atoms with van der Waals surface area (Å²) in [5.41, 5.74) is 6.84. The molecular formula is C13H22N4O. The van der Waals surface area contributed by atoms with Gasteiger partial charge >= 0.3 is 0 Å². The van der Waals surface area contributed by atoms with Gasteiger partial charge in [-0.2, -0.15) is 5.10 Å². The monoisotopic (exact) mass is 250 g/mol. The van der Waals surface area contributed by atoms with Crippen LogP contribution in [0.2, 0.25) is 0 Å². The summed E-state index contributed by atoms with van der Waals surface area (Å²) < 4.78 is 1.67. The molecule has 18 heavy (non-hydrogen) atoms. The van der Waals surface area contributed by atoms with Crippen molar-refractivity contribution in [2.24, 2.45) is 12.8 Å². The van der Waals surface area contributed by atoms with Crippen LogP contribution in [0.3, 0.4) is 0 Å². The minimum absolute atomic E-state index is 0.0254. The number of amides is 1. The number of nitrogens with zero attached hydrogens (tertiary/aromatic N) is 3. The van der Waals surface area contributed by atoms with Crippen LogP contribution in [-0.4, -0.2) is 33.2 Å². The Morgan fingerprint density at radius 3 is 2.94 bits per heavy atom. The molecule has 1 fully saturated rings. The quantitative estimate of drug-likeness (QED) is 0.858. The highest BCUT2D eigenvalue weighted by Gasteiger charge is 2.27. The fraction of sp³-hybridized carbons (Fsp3) is 0.692. The first-order valence-corrected chi connectivity index (χ1v) is 6.64. The first-order valence-electron chi connectivity index (χ1n) is 6.64. The maximum atomic E-state index is 12.4. The van der Waals surface area contributed by atoms with Crippen LogP contribution < -0.4 is 5.73 Å². The Bertz CT molecular complexity index is 415. The molecule has 1 aliphatic rings. The zero-order valence-corrected chi connectivity index (χ0v) is 11.2. The normalized spacial score (nSPS) is 22.6. The molecule has 2 rings (SSSR count). The predicted molar refractivity (Wildman–Crippen MR) is 69.8 cm³/mol. The van der Waals surface area contributed by atoms with Crippen molar-refractivity contribution in [3.05, 3.63) is 18.0 Å². The highest BCUT2D eigenvalue weighted by molar-refractivity contribution is 5.83. The first-order chi connectivity index (χ1) is 8.59. The molecule has 0 bridgehead atoms. The first kappa shape index (κ1) is 13.1. The lowest BCUT2D eigenvalue weighted by molar-refractivity contribution is -0.134. The number of carbonyl (C=O) groups excluding carboxylic acids is 1. The van der Waals surface area contributed by atoms with Crippen molar-refractivity contribution in [2.45, 2.75) is 44.7 Å². The molecule has 100 valence electrons. The van der Waals surface area contributed by atoms with Crippen LogP contribution in [0.4, 0.5) is 0 Å². The lowest BCUT2D eigenvalue weighted by Gasteiger charge is -2.29. The zero-order chi connectivity index (χ0) is 13.1. The van der Waals surface area contributed by atoms with E-state index in [9.17, 15) is 4.79 Å². The maximum absolute atomic E-state index is 12.4. The van der Waals surface area contributed by atoms with Crippen LogP contribution in [0.1, 0.15) is 44.2 Å². The lowest BCUT2D eigenvalue weighted by atomic mass is 10.1. The number of aromatic nitrogens is 2. The molecule has 5 heteroatoms. The van der Waals surface area contributed by atoms with E-state index in [1.807, 2.05) is 18.1 Å². The van der Waals surface area contributed by atoms with Crippen LogP contribution in [0.25, 0.3) is 0 Å². The SMILES string of the molecule is CC1CCCCCN1C(=O)C(N)c1cnn(C)c1. The summed E-state index contributed by atoms with van der Waals surface area (Å²) in [5, 5.41) is 4.07. The fourth-order valence-electron chi connectivity index (χ4n) is 2.52. The molecule has 2 unspecified atom stereocenters. The Morgan fingerprint density at radius 2 is 2.28 bits per heavy atom. The summed E-state index contributed by atoms with van der Waals surface area (Å²) >= 11 is 0. The average Bonchev–Trinajstić information content (AvgIpc) is 2.66. The summed E-state index contributed by atoms with van der Waals surface area (Å²) in [5.74, 6) is 0.0254. The molecule has 0 aliphatic carbocycles. The predicted octanol–water partition coefficient (Wildman–Crippen LogP) is 1.21. The zero-order valence-electron chi connectivity index (χ0n) is 11.2. The standard InChI is InChI=1S/C13H22N4O/c1-10-6-4-3-5-7-17(10)13(18)12(14)11-8-15-16(2)9-11/h8-10,12H,3-7,14H2,1-2H3. The molecular weight excluding hydrogens is 228 g/mol. The van der Waals surface area contributed by atoms with E-state index >= 15 is 0 Å². The van der Waals surface area contributed by atoms with Gasteiger partial charge in [0.05, 0.1) is 6.20 Å². The molecule has 5 nitrogen and oxygen atoms in total. The molecule has 1 saturated heterocycles. The number of hydrogen-bond acceptors (Lipinski definition) is 3. The number of aryl methyl sites for hydroxylation is 1. The highest BCUT2D eigenvalue weighted by atomic mass is 16.2. The van der Waals surface area contributed by atoms with Crippen molar-refractivity contribution in [2.75, 3.05) is 6.54 Å². The van der Waals surface area contributed by atoms with E-state index in [2.05, 4.69) is 12.0 Å². The van der Waals surface area contributed by atoms with E-state index in [0.29, 0.717) is 6.04 Å².